The molecule has 3 aromatic rings. The van der Waals surface area contributed by atoms with E-state index in [4.69, 9.17) is 9.47 Å². The largest absolute Gasteiger partial charge is 0.497 e. The highest BCUT2D eigenvalue weighted by atomic mass is 32.2. The Kier molecular flexibility index (Phi) is 9.06. The van der Waals surface area contributed by atoms with Crippen molar-refractivity contribution in [1.82, 2.24) is 20.1 Å². The molecule has 12 nitrogen and oxygen atoms in total. The maximum Gasteiger partial charge on any atom is 0.276 e. The fourth-order valence-corrected chi connectivity index (χ4v) is 9.95. The standard InChI is InChI=1S/C38H44N6O6S/c1-5-50-35-31(7-6-16-40-35)38(41-34(45)27-20-37(21-27)23-43(24-37)28-14-17-42(18-15-28)25(2)3)32-19-26(22-39)8-13-33(32)44(36(38)46)51(47,48)30-11-9-29(49-4)10-12-30/h6-13,16,19,25,27-28H,5,14-15,17-18,20-21,23-24H2,1-4H3,(H,41,45)/t38-/m0/s1. The smallest absolute Gasteiger partial charge is 0.276 e. The highest BCUT2D eigenvalue weighted by molar-refractivity contribution is 7.93. The third-order valence-corrected chi connectivity index (χ3v) is 12.9. The molecule has 0 unspecified atom stereocenters. The van der Waals surface area contributed by atoms with Gasteiger partial charge in [0, 0.05) is 42.9 Å². The van der Waals surface area contributed by atoms with Crippen LogP contribution in [0.3, 0.4) is 0 Å². The van der Waals surface area contributed by atoms with Gasteiger partial charge in [0.25, 0.3) is 15.9 Å². The number of nitrogens with one attached hydrogen (secondary N) is 1. The summed E-state index contributed by atoms with van der Waals surface area (Å²) in [6, 6.07) is 16.5. The molecule has 1 saturated carbocycles. The van der Waals surface area contributed by atoms with Crippen molar-refractivity contribution in [3.8, 4) is 17.7 Å². The van der Waals surface area contributed by atoms with E-state index >= 15 is 4.79 Å². The number of nitrogens with zero attached hydrogens (tertiary/aromatic N) is 5. The van der Waals surface area contributed by atoms with Crippen LogP contribution in [0.25, 0.3) is 0 Å². The van der Waals surface area contributed by atoms with Crippen molar-refractivity contribution >= 4 is 27.5 Å². The molecule has 1 aliphatic carbocycles. The second-order valence-electron chi connectivity index (χ2n) is 14.5. The molecule has 3 aliphatic heterocycles. The summed E-state index contributed by atoms with van der Waals surface area (Å²) in [5.41, 5.74) is -1.42. The van der Waals surface area contributed by atoms with Gasteiger partial charge in [0.15, 0.2) is 5.54 Å². The van der Waals surface area contributed by atoms with Crippen molar-refractivity contribution in [3.63, 3.8) is 0 Å². The van der Waals surface area contributed by atoms with Crippen LogP contribution in [-0.2, 0) is 25.2 Å². The number of pyridine rings is 1. The summed E-state index contributed by atoms with van der Waals surface area (Å²) in [6.07, 6.45) is 5.16. The topological polar surface area (TPSA) is 145 Å². The van der Waals surface area contributed by atoms with Crippen LogP contribution in [0, 0.1) is 22.7 Å². The van der Waals surface area contributed by atoms with Gasteiger partial charge in [-0.15, -0.1) is 0 Å². The SMILES string of the molecule is CCOc1ncccc1[C@@]1(NC(=O)C2CC3(C2)CN(C2CCN(C(C)C)CC2)C3)C(=O)N(S(=O)(=O)c2ccc(OC)cc2)c2ccc(C#N)cc21. The Morgan fingerprint density at radius 3 is 2.41 bits per heavy atom. The molecule has 0 radical (unpaired) electrons. The van der Waals surface area contributed by atoms with Crippen molar-refractivity contribution in [3.05, 3.63) is 77.5 Å². The van der Waals surface area contributed by atoms with E-state index in [0.29, 0.717) is 30.7 Å². The Hall–Kier alpha value is -4.51. The number of hydrogen-bond acceptors (Lipinski definition) is 10. The first-order chi connectivity index (χ1) is 24.5. The summed E-state index contributed by atoms with van der Waals surface area (Å²) >= 11 is 0. The number of hydrogen-bond donors (Lipinski definition) is 1. The highest BCUT2D eigenvalue weighted by Gasteiger charge is 2.61. The Bertz CT molecular complexity index is 1970. The van der Waals surface area contributed by atoms with Gasteiger partial charge in [0.1, 0.15) is 5.75 Å². The van der Waals surface area contributed by atoms with Gasteiger partial charge in [-0.2, -0.15) is 9.57 Å². The van der Waals surface area contributed by atoms with Gasteiger partial charge in [0.2, 0.25) is 11.8 Å². The Labute approximate surface area is 299 Å². The third kappa shape index (κ3) is 5.83. The highest BCUT2D eigenvalue weighted by Crippen LogP contribution is 2.54. The molecular formula is C38H44N6O6S. The van der Waals surface area contributed by atoms with E-state index in [2.05, 4.69) is 40.0 Å². The molecule has 13 heteroatoms. The zero-order valence-corrected chi connectivity index (χ0v) is 30.3. The maximum absolute atomic E-state index is 15.1. The minimum atomic E-state index is -4.51. The Morgan fingerprint density at radius 2 is 1.78 bits per heavy atom. The number of ether oxygens (including phenoxy) is 2. The summed E-state index contributed by atoms with van der Waals surface area (Å²) in [4.78, 5) is 38.7. The van der Waals surface area contributed by atoms with E-state index in [0.717, 1.165) is 43.3 Å². The molecule has 1 N–H and O–H groups in total. The number of carbonyl (C=O) groups is 2. The molecule has 2 amide bonds. The number of nitriles is 1. The third-order valence-electron chi connectivity index (χ3n) is 11.2. The van der Waals surface area contributed by atoms with Crippen LogP contribution in [0.15, 0.2) is 65.7 Å². The van der Waals surface area contributed by atoms with Crippen molar-refractivity contribution in [1.29, 1.82) is 5.26 Å². The number of carbonyl (C=O) groups excluding carboxylic acids is 2. The maximum atomic E-state index is 15.1. The van der Waals surface area contributed by atoms with Crippen LogP contribution in [0.2, 0.25) is 0 Å². The first-order valence-corrected chi connectivity index (χ1v) is 19.1. The summed E-state index contributed by atoms with van der Waals surface area (Å²) in [6.45, 7) is 10.6. The molecule has 2 saturated heterocycles. The number of piperidine rings is 1. The number of methoxy groups -OCH3 is 1. The number of anilines is 1. The minimum absolute atomic E-state index is 0.0321. The molecule has 268 valence electrons. The number of amides is 2. The van der Waals surface area contributed by atoms with E-state index in [1.54, 1.807) is 19.1 Å². The normalized spacial score (nSPS) is 22.3. The Morgan fingerprint density at radius 1 is 1.08 bits per heavy atom. The number of rotatable bonds is 10. The number of fused-ring (bicyclic) bond motifs is 1. The van der Waals surface area contributed by atoms with Gasteiger partial charge >= 0.3 is 0 Å². The first kappa shape index (κ1) is 34.9. The molecule has 4 aliphatic rings. The van der Waals surface area contributed by atoms with Crippen LogP contribution in [-0.4, -0.2) is 87.0 Å². The molecule has 3 fully saturated rings. The number of sulfonamides is 1. The molecule has 2 aromatic carbocycles. The second kappa shape index (κ2) is 13.2. The van der Waals surface area contributed by atoms with Gasteiger partial charge < -0.3 is 19.7 Å². The van der Waals surface area contributed by atoms with Gasteiger partial charge in [-0.05, 0) is 120 Å². The zero-order chi connectivity index (χ0) is 36.1. The first-order valence-electron chi connectivity index (χ1n) is 17.6. The second-order valence-corrected chi connectivity index (χ2v) is 16.3. The van der Waals surface area contributed by atoms with Crippen molar-refractivity contribution in [2.24, 2.45) is 11.3 Å². The fraction of sp³-hybridized carbons (Fsp3) is 0.474. The predicted octanol–water partition coefficient (Wildman–Crippen LogP) is 4.04. The van der Waals surface area contributed by atoms with Crippen LogP contribution in [0.5, 0.6) is 11.6 Å². The molecule has 51 heavy (non-hydrogen) atoms. The number of likely N-dealkylation sites (tertiary alicyclic amines) is 2. The zero-order valence-electron chi connectivity index (χ0n) is 29.5. The molecular weight excluding hydrogens is 669 g/mol. The average molecular weight is 713 g/mol. The molecule has 4 heterocycles. The summed E-state index contributed by atoms with van der Waals surface area (Å²) < 4.78 is 40.5. The quantitative estimate of drug-likeness (QED) is 0.327. The molecule has 1 atom stereocenters. The summed E-state index contributed by atoms with van der Waals surface area (Å²) in [5.74, 6) is -1.12. The number of benzene rings is 2. The van der Waals surface area contributed by atoms with Crippen LogP contribution in [0.4, 0.5) is 5.69 Å². The van der Waals surface area contributed by atoms with Crippen LogP contribution < -0.4 is 19.1 Å². The van der Waals surface area contributed by atoms with E-state index in [9.17, 15) is 18.5 Å². The van der Waals surface area contributed by atoms with E-state index < -0.39 is 21.5 Å². The number of aromatic nitrogens is 1. The lowest BCUT2D eigenvalue weighted by molar-refractivity contribution is -0.153. The molecule has 1 aromatic heterocycles. The monoisotopic (exact) mass is 712 g/mol. The van der Waals surface area contributed by atoms with Gasteiger partial charge in [-0.25, -0.2) is 13.4 Å². The van der Waals surface area contributed by atoms with Gasteiger partial charge in [-0.3, -0.25) is 14.5 Å². The van der Waals surface area contributed by atoms with Crippen LogP contribution in [0.1, 0.15) is 63.1 Å². The minimum Gasteiger partial charge on any atom is -0.497 e. The van der Waals surface area contributed by atoms with Crippen molar-refractivity contribution < 1.29 is 27.5 Å². The average Bonchev–Trinajstić information content (AvgIpc) is 3.35. The lowest BCUT2D eigenvalue weighted by Gasteiger charge is -2.61. The van der Waals surface area contributed by atoms with E-state index in [-0.39, 0.29) is 57.0 Å². The van der Waals surface area contributed by atoms with E-state index in [1.165, 1.54) is 55.8 Å². The predicted molar refractivity (Wildman–Crippen MR) is 190 cm³/mol. The van der Waals surface area contributed by atoms with Crippen LogP contribution >= 0.6 is 0 Å². The van der Waals surface area contributed by atoms with Gasteiger partial charge in [0.05, 0.1) is 41.5 Å². The fourth-order valence-electron chi connectivity index (χ4n) is 8.49. The summed E-state index contributed by atoms with van der Waals surface area (Å²) in [7, 11) is -3.04. The Balaban J connectivity index is 1.21. The van der Waals surface area contributed by atoms with Crippen molar-refractivity contribution in [2.45, 2.75) is 69.0 Å². The lowest BCUT2D eigenvalue weighted by Crippen LogP contribution is -2.68. The lowest BCUT2D eigenvalue weighted by atomic mass is 9.57. The van der Waals surface area contributed by atoms with Crippen molar-refractivity contribution in [2.75, 3.05) is 44.2 Å². The van der Waals surface area contributed by atoms with E-state index in [1.807, 2.05) is 0 Å². The summed E-state index contributed by atoms with van der Waals surface area (Å²) in [5, 5.41) is 13.0. The van der Waals surface area contributed by atoms with Gasteiger partial charge in [-0.1, -0.05) is 0 Å². The molecule has 0 bridgehead atoms. The molecule has 1 spiro atoms. The molecule has 7 rings (SSSR count).